The summed E-state index contributed by atoms with van der Waals surface area (Å²) in [6.07, 6.45) is 0.973. The van der Waals surface area contributed by atoms with Crippen molar-refractivity contribution in [2.75, 3.05) is 26.2 Å². The average molecular weight is 461 g/mol. The van der Waals surface area contributed by atoms with Gasteiger partial charge in [-0.05, 0) is 47.5 Å². The maximum atomic E-state index is 13.5. The number of aryl methyl sites for hydroxylation is 1. The van der Waals surface area contributed by atoms with Gasteiger partial charge in [0.05, 0.1) is 17.1 Å². The van der Waals surface area contributed by atoms with Gasteiger partial charge in [-0.3, -0.25) is 9.69 Å². The van der Waals surface area contributed by atoms with Crippen LogP contribution in [0, 0.1) is 11.6 Å². The second kappa shape index (κ2) is 9.73. The highest BCUT2D eigenvalue weighted by Crippen LogP contribution is 2.30. The lowest BCUT2D eigenvalue weighted by Gasteiger charge is -2.40. The quantitative estimate of drug-likeness (QED) is 0.454. The van der Waals surface area contributed by atoms with Crippen LogP contribution >= 0.6 is 0 Å². The van der Waals surface area contributed by atoms with E-state index in [-0.39, 0.29) is 23.6 Å². The van der Waals surface area contributed by atoms with Crippen molar-refractivity contribution in [3.05, 3.63) is 101 Å². The number of carbonyl (C=O) groups excluding carboxylic acids is 1. The summed E-state index contributed by atoms with van der Waals surface area (Å²) in [6.45, 7) is 2.57. The highest BCUT2D eigenvalue weighted by Gasteiger charge is 2.28. The number of fused-ring (bicyclic) bond motifs is 1. The van der Waals surface area contributed by atoms with Crippen LogP contribution in [0.1, 0.15) is 29.4 Å². The molecule has 1 aliphatic rings. The molecule has 174 valence electrons. The summed E-state index contributed by atoms with van der Waals surface area (Å²) in [6, 6.07) is 20.6. The van der Waals surface area contributed by atoms with Crippen LogP contribution < -0.4 is 0 Å². The number of imidazole rings is 1. The maximum Gasteiger partial charge on any atom is 0.223 e. The second-order valence-corrected chi connectivity index (χ2v) is 8.62. The molecule has 34 heavy (non-hydrogen) atoms. The van der Waals surface area contributed by atoms with E-state index in [0.29, 0.717) is 39.0 Å². The van der Waals surface area contributed by atoms with Gasteiger partial charge in [0.1, 0.15) is 17.5 Å². The lowest BCUT2D eigenvalue weighted by molar-refractivity contribution is -0.133. The third-order valence-electron chi connectivity index (χ3n) is 6.42. The Morgan fingerprint density at radius 1 is 0.853 bits per heavy atom. The number of para-hydroxylation sites is 2. The fourth-order valence-electron chi connectivity index (χ4n) is 4.64. The van der Waals surface area contributed by atoms with E-state index in [1.165, 1.54) is 24.3 Å². The van der Waals surface area contributed by atoms with E-state index in [4.69, 9.17) is 0 Å². The lowest BCUT2D eigenvalue weighted by Crippen LogP contribution is -2.49. The number of amides is 1. The zero-order valence-electron chi connectivity index (χ0n) is 18.8. The summed E-state index contributed by atoms with van der Waals surface area (Å²) < 4.78 is 27.1. The van der Waals surface area contributed by atoms with E-state index < -0.39 is 0 Å². The van der Waals surface area contributed by atoms with Crippen LogP contribution in [0.15, 0.2) is 72.8 Å². The number of hydrogen-bond donors (Lipinski definition) is 1. The van der Waals surface area contributed by atoms with Crippen molar-refractivity contribution in [3.8, 4) is 0 Å². The zero-order chi connectivity index (χ0) is 23.5. The van der Waals surface area contributed by atoms with Crippen molar-refractivity contribution in [3.63, 3.8) is 0 Å². The first-order valence-electron chi connectivity index (χ1n) is 11.5. The van der Waals surface area contributed by atoms with Crippen LogP contribution in [0.25, 0.3) is 11.0 Å². The third kappa shape index (κ3) is 4.84. The summed E-state index contributed by atoms with van der Waals surface area (Å²) in [5, 5.41) is 0. The molecule has 1 aromatic heterocycles. The summed E-state index contributed by atoms with van der Waals surface area (Å²) in [4.78, 5) is 24.9. The summed E-state index contributed by atoms with van der Waals surface area (Å²) in [5.41, 5.74) is 3.77. The molecular weight excluding hydrogens is 434 g/mol. The normalized spacial score (nSPS) is 14.7. The third-order valence-corrected chi connectivity index (χ3v) is 6.42. The molecule has 5 nitrogen and oxygen atoms in total. The molecule has 0 saturated carbocycles. The molecule has 3 aromatic carbocycles. The molecule has 1 N–H and O–H groups in total. The number of halogens is 2. The van der Waals surface area contributed by atoms with Gasteiger partial charge in [0, 0.05) is 39.0 Å². The van der Waals surface area contributed by atoms with Crippen LogP contribution in [0.5, 0.6) is 0 Å². The summed E-state index contributed by atoms with van der Waals surface area (Å²) in [5.74, 6) is 0.351. The van der Waals surface area contributed by atoms with Gasteiger partial charge in [-0.15, -0.1) is 0 Å². The minimum atomic E-state index is -0.290. The highest BCUT2D eigenvalue weighted by atomic mass is 19.1. The van der Waals surface area contributed by atoms with Gasteiger partial charge in [0.25, 0.3) is 0 Å². The first-order valence-corrected chi connectivity index (χ1v) is 11.5. The Labute approximate surface area is 197 Å². The van der Waals surface area contributed by atoms with E-state index in [1.807, 2.05) is 29.2 Å². The van der Waals surface area contributed by atoms with Gasteiger partial charge in [-0.2, -0.15) is 0 Å². The molecule has 0 radical (unpaired) electrons. The first kappa shape index (κ1) is 22.2. The van der Waals surface area contributed by atoms with Crippen LogP contribution in [-0.2, 0) is 11.2 Å². The van der Waals surface area contributed by atoms with Crippen LogP contribution in [-0.4, -0.2) is 51.9 Å². The minimum Gasteiger partial charge on any atom is -0.342 e. The fraction of sp³-hybridized carbons (Fsp3) is 0.259. The number of nitrogens with one attached hydrogen (secondary N) is 1. The van der Waals surface area contributed by atoms with Crippen molar-refractivity contribution >= 4 is 16.9 Å². The Balaban J connectivity index is 1.24. The van der Waals surface area contributed by atoms with Gasteiger partial charge in [-0.1, -0.05) is 36.4 Å². The van der Waals surface area contributed by atoms with Gasteiger partial charge >= 0.3 is 0 Å². The predicted molar refractivity (Wildman–Crippen MR) is 127 cm³/mol. The molecule has 0 unspecified atom stereocenters. The number of rotatable bonds is 6. The number of nitrogens with zero attached hydrogens (tertiary/aromatic N) is 3. The Morgan fingerprint density at radius 3 is 2.03 bits per heavy atom. The van der Waals surface area contributed by atoms with Gasteiger partial charge in [0.2, 0.25) is 5.91 Å². The predicted octanol–water partition coefficient (Wildman–Crippen LogP) is 4.71. The van der Waals surface area contributed by atoms with Crippen molar-refractivity contribution in [1.82, 2.24) is 19.8 Å². The lowest BCUT2D eigenvalue weighted by atomic mass is 9.96. The number of piperazine rings is 1. The zero-order valence-corrected chi connectivity index (χ0v) is 18.8. The maximum absolute atomic E-state index is 13.5. The number of benzene rings is 3. The molecule has 0 aliphatic carbocycles. The largest absolute Gasteiger partial charge is 0.342 e. The van der Waals surface area contributed by atoms with Crippen molar-refractivity contribution in [2.45, 2.75) is 18.9 Å². The van der Waals surface area contributed by atoms with Gasteiger partial charge < -0.3 is 9.88 Å². The monoisotopic (exact) mass is 460 g/mol. The Morgan fingerprint density at radius 2 is 1.44 bits per heavy atom. The molecule has 0 bridgehead atoms. The van der Waals surface area contributed by atoms with E-state index in [0.717, 1.165) is 28.0 Å². The number of hydrogen-bond acceptors (Lipinski definition) is 3. The number of H-pyrrole nitrogens is 1. The van der Waals surface area contributed by atoms with Crippen LogP contribution in [0.4, 0.5) is 8.78 Å². The topological polar surface area (TPSA) is 52.2 Å². The standard InChI is InChI=1S/C27H26F2N4O/c28-21-9-5-19(6-10-21)27(20-7-11-22(29)12-8-20)33-17-15-32(16-18-33)26(34)14-13-25-30-23-3-1-2-4-24(23)31-25/h1-12,27H,13-18H2,(H,30,31). The molecule has 2 heterocycles. The molecule has 1 fully saturated rings. The van der Waals surface area contributed by atoms with Crippen molar-refractivity contribution < 1.29 is 13.6 Å². The summed E-state index contributed by atoms with van der Waals surface area (Å²) >= 11 is 0. The first-order chi connectivity index (χ1) is 16.6. The number of carbonyl (C=O) groups is 1. The summed E-state index contributed by atoms with van der Waals surface area (Å²) in [7, 11) is 0. The van der Waals surface area contributed by atoms with E-state index >= 15 is 0 Å². The Bertz CT molecular complexity index is 1180. The van der Waals surface area contributed by atoms with Crippen molar-refractivity contribution in [1.29, 1.82) is 0 Å². The van der Waals surface area contributed by atoms with Crippen LogP contribution in [0.2, 0.25) is 0 Å². The number of aromatic nitrogens is 2. The molecule has 5 rings (SSSR count). The molecule has 1 amide bonds. The van der Waals surface area contributed by atoms with E-state index in [9.17, 15) is 13.6 Å². The molecule has 7 heteroatoms. The fourth-order valence-corrected chi connectivity index (χ4v) is 4.64. The highest BCUT2D eigenvalue weighted by molar-refractivity contribution is 5.77. The van der Waals surface area contributed by atoms with Gasteiger partial charge in [-0.25, -0.2) is 13.8 Å². The molecule has 1 saturated heterocycles. The molecule has 0 atom stereocenters. The Kier molecular flexibility index (Phi) is 6.36. The van der Waals surface area contributed by atoms with Crippen LogP contribution in [0.3, 0.4) is 0 Å². The second-order valence-electron chi connectivity index (χ2n) is 8.62. The molecule has 0 spiro atoms. The number of aromatic amines is 1. The molecule has 1 aliphatic heterocycles. The SMILES string of the molecule is O=C(CCc1nc2ccccc2[nH]1)N1CCN(C(c2ccc(F)cc2)c2ccc(F)cc2)CC1. The van der Waals surface area contributed by atoms with E-state index in [2.05, 4.69) is 14.9 Å². The van der Waals surface area contributed by atoms with E-state index in [1.54, 1.807) is 24.3 Å². The van der Waals surface area contributed by atoms with Crippen molar-refractivity contribution in [2.24, 2.45) is 0 Å². The Hall–Kier alpha value is -3.58. The smallest absolute Gasteiger partial charge is 0.223 e. The molecular formula is C27H26F2N4O. The minimum absolute atomic E-state index is 0.111. The van der Waals surface area contributed by atoms with Gasteiger partial charge in [0.15, 0.2) is 0 Å². The molecule has 4 aromatic rings. The average Bonchev–Trinajstić information content (AvgIpc) is 3.29.